The molecule has 0 amide bonds. The minimum Gasteiger partial charge on any atom is -0.371 e. The van der Waals surface area contributed by atoms with Crippen molar-refractivity contribution in [3.05, 3.63) is 71.8 Å². The van der Waals surface area contributed by atoms with Gasteiger partial charge >= 0.3 is 0 Å². The second-order valence-corrected chi connectivity index (χ2v) is 6.47. The first-order valence-electron chi connectivity index (χ1n) is 8.66. The van der Waals surface area contributed by atoms with Crippen molar-refractivity contribution in [3.63, 3.8) is 0 Å². The molecule has 2 aliphatic heterocycles. The summed E-state index contributed by atoms with van der Waals surface area (Å²) >= 11 is 0. The normalized spacial score (nSPS) is 32.1. The van der Waals surface area contributed by atoms with E-state index in [9.17, 15) is 0 Å². The molecule has 2 fully saturated rings. The van der Waals surface area contributed by atoms with E-state index in [4.69, 9.17) is 24.7 Å². The van der Waals surface area contributed by atoms with Crippen LogP contribution < -0.4 is 5.73 Å². The van der Waals surface area contributed by atoms with Crippen molar-refractivity contribution in [3.8, 4) is 0 Å². The molecule has 5 nitrogen and oxygen atoms in total. The van der Waals surface area contributed by atoms with Gasteiger partial charge in [-0.15, -0.1) is 0 Å². The predicted molar refractivity (Wildman–Crippen MR) is 92.7 cm³/mol. The first-order chi connectivity index (χ1) is 12.3. The highest BCUT2D eigenvalue weighted by atomic mass is 16.7. The van der Waals surface area contributed by atoms with Crippen LogP contribution in [0.25, 0.3) is 0 Å². The van der Waals surface area contributed by atoms with Crippen LogP contribution in [0.5, 0.6) is 0 Å². The van der Waals surface area contributed by atoms with Crippen molar-refractivity contribution < 1.29 is 18.9 Å². The van der Waals surface area contributed by atoms with Crippen LogP contribution in [0.4, 0.5) is 0 Å². The van der Waals surface area contributed by atoms with E-state index in [0.29, 0.717) is 19.8 Å². The molecule has 2 aromatic carbocycles. The van der Waals surface area contributed by atoms with Gasteiger partial charge in [-0.1, -0.05) is 60.7 Å². The summed E-state index contributed by atoms with van der Waals surface area (Å²) < 4.78 is 24.0. The van der Waals surface area contributed by atoms with E-state index >= 15 is 0 Å². The maximum absolute atomic E-state index is 6.26. The Bertz CT molecular complexity index is 666. The van der Waals surface area contributed by atoms with Gasteiger partial charge in [0.15, 0.2) is 6.29 Å². The van der Waals surface area contributed by atoms with E-state index in [1.165, 1.54) is 0 Å². The van der Waals surface area contributed by atoms with Crippen molar-refractivity contribution in [2.45, 2.75) is 37.3 Å². The van der Waals surface area contributed by atoms with E-state index in [-0.39, 0.29) is 24.4 Å². The van der Waals surface area contributed by atoms with Crippen LogP contribution in [0.2, 0.25) is 0 Å². The SMILES string of the molecule is N[C@@H]1COC2COC(c3ccccc3)OC2C1OCc1ccccc1. The quantitative estimate of drug-likeness (QED) is 0.925. The molecule has 0 spiro atoms. The lowest BCUT2D eigenvalue weighted by Crippen LogP contribution is -2.61. The fourth-order valence-electron chi connectivity index (χ4n) is 3.32. The molecule has 2 heterocycles. The van der Waals surface area contributed by atoms with Crippen molar-refractivity contribution in [2.75, 3.05) is 13.2 Å². The third kappa shape index (κ3) is 3.76. The van der Waals surface area contributed by atoms with Crippen LogP contribution in [-0.2, 0) is 25.6 Å². The summed E-state index contributed by atoms with van der Waals surface area (Å²) in [5, 5.41) is 0. The van der Waals surface area contributed by atoms with Crippen LogP contribution >= 0.6 is 0 Å². The topological polar surface area (TPSA) is 62.9 Å². The molecular formula is C20H23NO4. The summed E-state index contributed by atoms with van der Waals surface area (Å²) in [6, 6.07) is 19.8. The summed E-state index contributed by atoms with van der Waals surface area (Å²) in [4.78, 5) is 0. The minimum atomic E-state index is -0.417. The second-order valence-electron chi connectivity index (χ2n) is 6.47. The number of ether oxygens (including phenoxy) is 4. The number of hydrogen-bond donors (Lipinski definition) is 1. The molecule has 5 atom stereocenters. The zero-order valence-electron chi connectivity index (χ0n) is 14.0. The lowest BCUT2D eigenvalue weighted by atomic mass is 9.97. The Morgan fingerprint density at radius 3 is 2.40 bits per heavy atom. The van der Waals surface area contributed by atoms with Crippen molar-refractivity contribution in [1.29, 1.82) is 0 Å². The largest absolute Gasteiger partial charge is 0.371 e. The van der Waals surface area contributed by atoms with Gasteiger partial charge in [0, 0.05) is 5.56 Å². The van der Waals surface area contributed by atoms with Gasteiger partial charge in [-0.25, -0.2) is 0 Å². The van der Waals surface area contributed by atoms with Gasteiger partial charge in [-0.2, -0.15) is 0 Å². The van der Waals surface area contributed by atoms with Gasteiger partial charge in [0.2, 0.25) is 0 Å². The molecule has 0 bridgehead atoms. The van der Waals surface area contributed by atoms with Gasteiger partial charge in [0.05, 0.1) is 25.9 Å². The van der Waals surface area contributed by atoms with Gasteiger partial charge in [-0.3, -0.25) is 0 Å². The fraction of sp³-hybridized carbons (Fsp3) is 0.400. The van der Waals surface area contributed by atoms with Gasteiger partial charge in [0.1, 0.15) is 18.3 Å². The monoisotopic (exact) mass is 341 g/mol. The lowest BCUT2D eigenvalue weighted by Gasteiger charge is -2.45. The molecule has 2 aromatic rings. The summed E-state index contributed by atoms with van der Waals surface area (Å²) in [7, 11) is 0. The van der Waals surface area contributed by atoms with E-state index in [2.05, 4.69) is 0 Å². The smallest absolute Gasteiger partial charge is 0.184 e. The molecule has 25 heavy (non-hydrogen) atoms. The Kier molecular flexibility index (Phi) is 5.10. The van der Waals surface area contributed by atoms with Gasteiger partial charge in [-0.05, 0) is 5.56 Å². The molecule has 2 saturated heterocycles. The lowest BCUT2D eigenvalue weighted by molar-refractivity contribution is -0.307. The highest BCUT2D eigenvalue weighted by Gasteiger charge is 2.45. The molecular weight excluding hydrogens is 318 g/mol. The number of nitrogens with two attached hydrogens (primary N) is 1. The number of benzene rings is 2. The molecule has 4 rings (SSSR count). The maximum Gasteiger partial charge on any atom is 0.184 e. The van der Waals surface area contributed by atoms with Crippen LogP contribution in [0.3, 0.4) is 0 Å². The molecule has 0 saturated carbocycles. The van der Waals surface area contributed by atoms with Gasteiger partial charge in [0.25, 0.3) is 0 Å². The molecule has 2 aliphatic rings. The minimum absolute atomic E-state index is 0.152. The number of hydrogen-bond acceptors (Lipinski definition) is 5. The van der Waals surface area contributed by atoms with Crippen molar-refractivity contribution in [2.24, 2.45) is 5.73 Å². The highest BCUT2D eigenvalue weighted by molar-refractivity contribution is 5.17. The average molecular weight is 341 g/mol. The van der Waals surface area contributed by atoms with E-state index in [0.717, 1.165) is 11.1 Å². The molecule has 132 valence electrons. The highest BCUT2D eigenvalue weighted by Crippen LogP contribution is 2.33. The summed E-state index contributed by atoms with van der Waals surface area (Å²) in [5.41, 5.74) is 8.37. The number of fused-ring (bicyclic) bond motifs is 1. The van der Waals surface area contributed by atoms with Gasteiger partial charge < -0.3 is 24.7 Å². The summed E-state index contributed by atoms with van der Waals surface area (Å²) in [5.74, 6) is 0. The molecule has 2 N–H and O–H groups in total. The summed E-state index contributed by atoms with van der Waals surface area (Å²) in [6.07, 6.45) is -1.04. The van der Waals surface area contributed by atoms with Crippen LogP contribution in [0.15, 0.2) is 60.7 Å². The first-order valence-corrected chi connectivity index (χ1v) is 8.66. The zero-order valence-corrected chi connectivity index (χ0v) is 14.0. The number of rotatable bonds is 4. The molecule has 4 unspecified atom stereocenters. The summed E-state index contributed by atoms with van der Waals surface area (Å²) in [6.45, 7) is 1.42. The van der Waals surface area contributed by atoms with E-state index in [1.807, 2.05) is 60.7 Å². The average Bonchev–Trinajstić information content (AvgIpc) is 2.68. The standard InChI is InChI=1S/C20H23NO4/c21-16-12-22-17-13-24-20(15-9-5-2-6-10-15)25-19(17)18(16)23-11-14-7-3-1-4-8-14/h1-10,16-20H,11-13,21H2/t16-,17?,18?,19?,20?/m1/s1. The molecule has 0 aromatic heterocycles. The molecule has 0 radical (unpaired) electrons. The van der Waals surface area contributed by atoms with Crippen LogP contribution in [0.1, 0.15) is 17.4 Å². The molecule has 0 aliphatic carbocycles. The first kappa shape index (κ1) is 16.7. The Hall–Kier alpha value is -1.76. The third-order valence-electron chi connectivity index (χ3n) is 4.66. The second kappa shape index (κ2) is 7.64. The zero-order chi connectivity index (χ0) is 17.1. The maximum atomic E-state index is 6.26. The van der Waals surface area contributed by atoms with Crippen molar-refractivity contribution in [1.82, 2.24) is 0 Å². The Balaban J connectivity index is 1.47. The van der Waals surface area contributed by atoms with E-state index < -0.39 is 6.29 Å². The predicted octanol–water partition coefficient (Wildman–Crippen LogP) is 2.41. The Morgan fingerprint density at radius 1 is 0.920 bits per heavy atom. The molecule has 5 heteroatoms. The Labute approximate surface area is 147 Å². The van der Waals surface area contributed by atoms with E-state index in [1.54, 1.807) is 0 Å². The third-order valence-corrected chi connectivity index (χ3v) is 4.66. The Morgan fingerprint density at radius 2 is 1.64 bits per heavy atom. The van der Waals surface area contributed by atoms with Crippen molar-refractivity contribution >= 4 is 0 Å². The fourth-order valence-corrected chi connectivity index (χ4v) is 3.32. The van der Waals surface area contributed by atoms with Crippen LogP contribution in [-0.4, -0.2) is 37.6 Å². The van der Waals surface area contributed by atoms with Crippen LogP contribution in [0, 0.1) is 0 Å².